The van der Waals surface area contributed by atoms with Crippen molar-refractivity contribution < 1.29 is 4.79 Å². The minimum Gasteiger partial charge on any atom is -0.353 e. The second-order valence-corrected chi connectivity index (χ2v) is 7.67. The molecule has 0 radical (unpaired) electrons. The predicted molar refractivity (Wildman–Crippen MR) is 118 cm³/mol. The minimum absolute atomic E-state index is 0.0579. The number of nitrogens with zero attached hydrogens (tertiary/aromatic N) is 1. The van der Waals surface area contributed by atoms with Crippen molar-refractivity contribution in [2.24, 2.45) is 0 Å². The minimum atomic E-state index is -0.299. The quantitative estimate of drug-likeness (QED) is 0.636. The molecule has 1 aliphatic rings. The molecule has 0 spiro atoms. The highest BCUT2D eigenvalue weighted by Gasteiger charge is 2.27. The number of carbonyl (C=O) groups is 1. The van der Waals surface area contributed by atoms with Crippen LogP contribution in [0.2, 0.25) is 0 Å². The van der Waals surface area contributed by atoms with Gasteiger partial charge < -0.3 is 5.32 Å². The van der Waals surface area contributed by atoms with E-state index < -0.39 is 0 Å². The Morgan fingerprint density at radius 1 is 0.724 bits per heavy atom. The summed E-state index contributed by atoms with van der Waals surface area (Å²) in [5, 5.41) is 3.27. The average molecular weight is 385 g/mol. The molecule has 3 aromatic carbocycles. The van der Waals surface area contributed by atoms with Crippen molar-refractivity contribution in [2.75, 3.05) is 19.6 Å². The van der Waals surface area contributed by atoms with Crippen molar-refractivity contribution in [3.63, 3.8) is 0 Å². The summed E-state index contributed by atoms with van der Waals surface area (Å²) < 4.78 is 0. The van der Waals surface area contributed by atoms with Gasteiger partial charge in [-0.25, -0.2) is 0 Å². The first-order valence-electron chi connectivity index (χ1n) is 10.5. The predicted octanol–water partition coefficient (Wildman–Crippen LogP) is 4.77. The molecule has 3 nitrogen and oxygen atoms in total. The maximum Gasteiger partial charge on any atom is 0.232 e. The van der Waals surface area contributed by atoms with Crippen LogP contribution in [-0.4, -0.2) is 30.4 Å². The molecule has 1 fully saturated rings. The van der Waals surface area contributed by atoms with E-state index in [9.17, 15) is 4.79 Å². The Morgan fingerprint density at radius 3 is 1.66 bits per heavy atom. The number of benzene rings is 3. The Bertz CT molecular complexity index is 850. The van der Waals surface area contributed by atoms with Crippen LogP contribution in [0, 0.1) is 0 Å². The van der Waals surface area contributed by atoms with Gasteiger partial charge in [-0.1, -0.05) is 91.0 Å². The highest BCUT2D eigenvalue weighted by molar-refractivity contribution is 5.87. The SMILES string of the molecule is O=C(NC[C@@H](c1ccccc1)N1CCCC1)C(c1ccccc1)c1ccccc1. The molecule has 0 aliphatic carbocycles. The molecule has 148 valence electrons. The van der Waals surface area contributed by atoms with Gasteiger partial charge in [0.15, 0.2) is 0 Å². The van der Waals surface area contributed by atoms with Crippen molar-refractivity contribution in [3.8, 4) is 0 Å². The van der Waals surface area contributed by atoms with Crippen molar-refractivity contribution >= 4 is 5.91 Å². The number of likely N-dealkylation sites (tertiary alicyclic amines) is 1. The third-order valence-electron chi connectivity index (χ3n) is 5.76. The largest absolute Gasteiger partial charge is 0.353 e. The molecule has 3 aromatic rings. The summed E-state index contributed by atoms with van der Waals surface area (Å²) in [6, 6.07) is 30.9. The first kappa shape index (κ1) is 19.4. The fourth-order valence-corrected chi connectivity index (χ4v) is 4.27. The van der Waals surface area contributed by atoms with Crippen LogP contribution >= 0.6 is 0 Å². The molecule has 0 saturated carbocycles. The molecule has 1 N–H and O–H groups in total. The van der Waals surface area contributed by atoms with Crippen LogP contribution in [0.25, 0.3) is 0 Å². The lowest BCUT2D eigenvalue weighted by Crippen LogP contribution is -2.39. The number of hydrogen-bond acceptors (Lipinski definition) is 2. The number of hydrogen-bond donors (Lipinski definition) is 1. The van der Waals surface area contributed by atoms with Crippen molar-refractivity contribution in [2.45, 2.75) is 24.8 Å². The number of rotatable bonds is 7. The van der Waals surface area contributed by atoms with Gasteiger partial charge in [0.25, 0.3) is 0 Å². The first-order valence-corrected chi connectivity index (χ1v) is 10.5. The topological polar surface area (TPSA) is 32.3 Å². The molecule has 3 heteroatoms. The fraction of sp³-hybridized carbons (Fsp3) is 0.269. The van der Waals surface area contributed by atoms with E-state index in [1.807, 2.05) is 66.7 Å². The van der Waals surface area contributed by atoms with E-state index in [-0.39, 0.29) is 17.9 Å². The summed E-state index contributed by atoms with van der Waals surface area (Å²) in [5.41, 5.74) is 3.31. The first-order chi connectivity index (χ1) is 14.3. The van der Waals surface area contributed by atoms with E-state index in [0.29, 0.717) is 6.54 Å². The summed E-state index contributed by atoms with van der Waals surface area (Å²) in [6.45, 7) is 2.81. The van der Waals surface area contributed by atoms with Crippen molar-refractivity contribution in [1.29, 1.82) is 0 Å². The molecule has 1 saturated heterocycles. The lowest BCUT2D eigenvalue weighted by molar-refractivity contribution is -0.121. The summed E-state index contributed by atoms with van der Waals surface area (Å²) in [4.78, 5) is 15.9. The summed E-state index contributed by atoms with van der Waals surface area (Å²) >= 11 is 0. The smallest absolute Gasteiger partial charge is 0.232 e. The van der Waals surface area contributed by atoms with E-state index >= 15 is 0 Å². The highest BCUT2D eigenvalue weighted by Crippen LogP contribution is 2.27. The highest BCUT2D eigenvalue weighted by atomic mass is 16.1. The van der Waals surface area contributed by atoms with E-state index in [0.717, 1.165) is 24.2 Å². The van der Waals surface area contributed by atoms with Crippen LogP contribution in [0.3, 0.4) is 0 Å². The van der Waals surface area contributed by atoms with Crippen LogP contribution in [0.15, 0.2) is 91.0 Å². The monoisotopic (exact) mass is 384 g/mol. The van der Waals surface area contributed by atoms with Gasteiger partial charge in [0, 0.05) is 6.54 Å². The molecule has 1 amide bonds. The molecule has 1 heterocycles. The van der Waals surface area contributed by atoms with Gasteiger partial charge in [-0.05, 0) is 42.6 Å². The number of nitrogens with one attached hydrogen (secondary N) is 1. The molecule has 1 atom stereocenters. The Balaban J connectivity index is 1.55. The normalized spacial score (nSPS) is 15.3. The molecule has 4 rings (SSSR count). The van der Waals surface area contributed by atoms with Gasteiger partial charge in [0.05, 0.1) is 12.0 Å². The van der Waals surface area contributed by atoms with E-state index in [1.165, 1.54) is 18.4 Å². The van der Waals surface area contributed by atoms with E-state index in [2.05, 4.69) is 34.5 Å². The van der Waals surface area contributed by atoms with Gasteiger partial charge >= 0.3 is 0 Å². The summed E-state index contributed by atoms with van der Waals surface area (Å²) in [7, 11) is 0. The molecule has 1 aliphatic heterocycles. The van der Waals surface area contributed by atoms with Crippen LogP contribution in [0.4, 0.5) is 0 Å². The molecule has 0 aromatic heterocycles. The Kier molecular flexibility index (Phi) is 6.38. The second-order valence-electron chi connectivity index (χ2n) is 7.67. The fourth-order valence-electron chi connectivity index (χ4n) is 4.27. The van der Waals surface area contributed by atoms with E-state index in [4.69, 9.17) is 0 Å². The lowest BCUT2D eigenvalue weighted by atomic mass is 9.90. The van der Waals surface area contributed by atoms with E-state index in [1.54, 1.807) is 0 Å². The third-order valence-corrected chi connectivity index (χ3v) is 5.76. The third kappa shape index (κ3) is 4.75. The van der Waals surface area contributed by atoms with Crippen molar-refractivity contribution in [1.82, 2.24) is 10.2 Å². The molecule has 29 heavy (non-hydrogen) atoms. The van der Waals surface area contributed by atoms with Gasteiger partial charge in [-0.15, -0.1) is 0 Å². The lowest BCUT2D eigenvalue weighted by Gasteiger charge is -2.29. The standard InChI is InChI=1S/C26H28N2O/c29-26(25(22-14-6-2-7-15-22)23-16-8-3-9-17-23)27-20-24(28-18-10-11-19-28)21-12-4-1-5-13-21/h1-9,12-17,24-25H,10-11,18-20H2,(H,27,29)/t24-/m0/s1. The second kappa shape index (κ2) is 9.53. The van der Waals surface area contributed by atoms with Gasteiger partial charge in [-0.2, -0.15) is 0 Å². The zero-order chi connectivity index (χ0) is 19.9. The van der Waals surface area contributed by atoms with Crippen molar-refractivity contribution in [3.05, 3.63) is 108 Å². The van der Waals surface area contributed by atoms with Crippen LogP contribution < -0.4 is 5.32 Å². The maximum absolute atomic E-state index is 13.4. The summed E-state index contributed by atoms with van der Waals surface area (Å²) in [6.07, 6.45) is 2.46. The summed E-state index contributed by atoms with van der Waals surface area (Å²) in [5.74, 6) is -0.241. The van der Waals surface area contributed by atoms with Crippen LogP contribution in [0.1, 0.15) is 41.5 Å². The molecular weight excluding hydrogens is 356 g/mol. The Labute approximate surface area is 173 Å². The van der Waals surface area contributed by atoms with Gasteiger partial charge in [0.1, 0.15) is 0 Å². The van der Waals surface area contributed by atoms with Crippen LogP contribution in [0.5, 0.6) is 0 Å². The van der Waals surface area contributed by atoms with Gasteiger partial charge in [-0.3, -0.25) is 9.69 Å². The van der Waals surface area contributed by atoms with Crippen LogP contribution in [-0.2, 0) is 4.79 Å². The zero-order valence-corrected chi connectivity index (χ0v) is 16.7. The maximum atomic E-state index is 13.4. The average Bonchev–Trinajstić information content (AvgIpc) is 3.31. The van der Waals surface area contributed by atoms with Gasteiger partial charge in [0.2, 0.25) is 5.91 Å². The Hall–Kier alpha value is -2.91. The number of amides is 1. The Morgan fingerprint density at radius 2 is 1.17 bits per heavy atom. The molecule has 0 bridgehead atoms. The molecule has 0 unspecified atom stereocenters. The molecular formula is C26H28N2O. The number of carbonyl (C=O) groups excluding carboxylic acids is 1. The zero-order valence-electron chi connectivity index (χ0n) is 16.7.